The molecule has 0 aromatic carbocycles. The van der Waals surface area contributed by atoms with E-state index in [1.807, 2.05) is 43.3 Å². The molecule has 0 saturated carbocycles. The summed E-state index contributed by atoms with van der Waals surface area (Å²) in [5.41, 5.74) is 1.08. The maximum Gasteiger partial charge on any atom is 0.239 e. The van der Waals surface area contributed by atoms with Crippen LogP contribution in [0, 0.1) is 0 Å². The number of halogens is 1. The second-order valence-corrected chi connectivity index (χ2v) is 5.70. The third kappa shape index (κ3) is 4.61. The third-order valence-electron chi connectivity index (χ3n) is 3.22. The minimum Gasteiger partial charge on any atom is -0.310 e. The van der Waals surface area contributed by atoms with E-state index in [-0.39, 0.29) is 18.5 Å². The van der Waals surface area contributed by atoms with Gasteiger partial charge in [0.2, 0.25) is 5.91 Å². The summed E-state index contributed by atoms with van der Waals surface area (Å²) in [6, 6.07) is 7.60. The van der Waals surface area contributed by atoms with Crippen molar-refractivity contribution in [3.05, 3.63) is 52.9 Å². The second kappa shape index (κ2) is 7.28. The molecule has 2 heterocycles. The molecule has 0 fully saturated rings. The zero-order valence-corrected chi connectivity index (χ0v) is 13.5. The molecule has 0 bridgehead atoms. The molecule has 1 atom stereocenters. The number of pyridine rings is 2. The smallest absolute Gasteiger partial charge is 0.239 e. The standard InChI is InChI=1S/C15H17BrN4O/c1-11(12-4-3-7-17-8-12)20(2)10-15(21)19-14-6-5-13(16)9-18-14/h3-9,11H,10H2,1-2H3,(H,18,19,21). The molecule has 2 aromatic rings. The van der Waals surface area contributed by atoms with E-state index < -0.39 is 0 Å². The van der Waals surface area contributed by atoms with E-state index in [4.69, 9.17) is 0 Å². The van der Waals surface area contributed by atoms with E-state index in [1.54, 1.807) is 18.5 Å². The Labute approximate surface area is 132 Å². The van der Waals surface area contributed by atoms with Crippen LogP contribution in [-0.4, -0.2) is 34.4 Å². The fourth-order valence-electron chi connectivity index (χ4n) is 1.87. The van der Waals surface area contributed by atoms with E-state index in [2.05, 4.69) is 31.2 Å². The molecule has 1 amide bonds. The van der Waals surface area contributed by atoms with Crippen LogP contribution in [0.4, 0.5) is 5.82 Å². The van der Waals surface area contributed by atoms with Gasteiger partial charge in [0.05, 0.1) is 6.54 Å². The highest BCUT2D eigenvalue weighted by Gasteiger charge is 2.15. The Morgan fingerprint density at radius 3 is 2.81 bits per heavy atom. The molecule has 110 valence electrons. The Morgan fingerprint density at radius 1 is 1.38 bits per heavy atom. The summed E-state index contributed by atoms with van der Waals surface area (Å²) in [5.74, 6) is 0.452. The van der Waals surface area contributed by atoms with Crippen molar-refractivity contribution in [3.63, 3.8) is 0 Å². The number of hydrogen-bond acceptors (Lipinski definition) is 4. The second-order valence-electron chi connectivity index (χ2n) is 4.79. The third-order valence-corrected chi connectivity index (χ3v) is 3.68. The van der Waals surface area contributed by atoms with Crippen molar-refractivity contribution in [2.45, 2.75) is 13.0 Å². The maximum atomic E-state index is 12.0. The van der Waals surface area contributed by atoms with Crippen molar-refractivity contribution in [3.8, 4) is 0 Å². The molecule has 6 heteroatoms. The molecule has 0 aliphatic carbocycles. The summed E-state index contributed by atoms with van der Waals surface area (Å²) in [5, 5.41) is 2.78. The predicted molar refractivity (Wildman–Crippen MR) is 85.8 cm³/mol. The minimum absolute atomic E-state index is 0.0944. The number of likely N-dealkylation sites (N-methyl/N-ethyl adjacent to an activating group) is 1. The largest absolute Gasteiger partial charge is 0.310 e. The van der Waals surface area contributed by atoms with Crippen molar-refractivity contribution >= 4 is 27.7 Å². The van der Waals surface area contributed by atoms with Crippen molar-refractivity contribution in [2.24, 2.45) is 0 Å². The molecule has 0 radical (unpaired) electrons. The Hall–Kier alpha value is -1.79. The normalized spacial score (nSPS) is 12.2. The van der Waals surface area contributed by atoms with Crippen LogP contribution in [0.1, 0.15) is 18.5 Å². The van der Waals surface area contributed by atoms with Crippen LogP contribution in [0.25, 0.3) is 0 Å². The number of carbonyl (C=O) groups is 1. The average Bonchev–Trinajstić information content (AvgIpc) is 2.49. The van der Waals surface area contributed by atoms with E-state index >= 15 is 0 Å². The van der Waals surface area contributed by atoms with E-state index in [1.165, 1.54) is 0 Å². The molecule has 0 saturated heterocycles. The summed E-state index contributed by atoms with van der Waals surface area (Å²) in [7, 11) is 1.91. The number of hydrogen-bond donors (Lipinski definition) is 1. The topological polar surface area (TPSA) is 58.1 Å². The van der Waals surface area contributed by atoms with Gasteiger partial charge in [0.1, 0.15) is 5.82 Å². The fourth-order valence-corrected chi connectivity index (χ4v) is 2.11. The van der Waals surface area contributed by atoms with E-state index in [0.29, 0.717) is 5.82 Å². The Morgan fingerprint density at radius 2 is 2.19 bits per heavy atom. The lowest BCUT2D eigenvalue weighted by Gasteiger charge is -2.24. The lowest BCUT2D eigenvalue weighted by atomic mass is 10.1. The highest BCUT2D eigenvalue weighted by molar-refractivity contribution is 9.10. The van der Waals surface area contributed by atoms with Crippen LogP contribution in [0.15, 0.2) is 47.3 Å². The molecule has 1 unspecified atom stereocenters. The number of carbonyl (C=O) groups excluding carboxylic acids is 1. The lowest BCUT2D eigenvalue weighted by Crippen LogP contribution is -2.32. The summed E-state index contributed by atoms with van der Waals surface area (Å²) in [6.45, 7) is 2.33. The monoisotopic (exact) mass is 348 g/mol. The van der Waals surface area contributed by atoms with Gasteiger partial charge in [0, 0.05) is 29.1 Å². The van der Waals surface area contributed by atoms with Gasteiger partial charge in [0.25, 0.3) is 0 Å². The van der Waals surface area contributed by atoms with Gasteiger partial charge in [-0.1, -0.05) is 6.07 Å². The van der Waals surface area contributed by atoms with E-state index in [0.717, 1.165) is 10.0 Å². The van der Waals surface area contributed by atoms with Crippen LogP contribution in [0.5, 0.6) is 0 Å². The van der Waals surface area contributed by atoms with Crippen LogP contribution >= 0.6 is 15.9 Å². The quantitative estimate of drug-likeness (QED) is 0.902. The summed E-state index contributed by atoms with van der Waals surface area (Å²) in [4.78, 5) is 22.2. The first-order chi connectivity index (χ1) is 10.1. The number of amides is 1. The highest BCUT2D eigenvalue weighted by Crippen LogP contribution is 2.17. The van der Waals surface area contributed by atoms with Gasteiger partial charge in [-0.15, -0.1) is 0 Å². The van der Waals surface area contributed by atoms with Gasteiger partial charge in [0.15, 0.2) is 0 Å². The van der Waals surface area contributed by atoms with Crippen molar-refractivity contribution in [2.75, 3.05) is 18.9 Å². The fraction of sp³-hybridized carbons (Fsp3) is 0.267. The van der Waals surface area contributed by atoms with Gasteiger partial charge in [-0.3, -0.25) is 14.7 Å². The summed E-state index contributed by atoms with van der Waals surface area (Å²) >= 11 is 3.31. The summed E-state index contributed by atoms with van der Waals surface area (Å²) in [6.07, 6.45) is 5.20. The van der Waals surface area contributed by atoms with Gasteiger partial charge in [-0.2, -0.15) is 0 Å². The van der Waals surface area contributed by atoms with Crippen LogP contribution < -0.4 is 5.32 Å². The molecular formula is C15H17BrN4O. The number of anilines is 1. The first kappa shape index (κ1) is 15.6. The highest BCUT2D eigenvalue weighted by atomic mass is 79.9. The number of nitrogens with one attached hydrogen (secondary N) is 1. The van der Waals surface area contributed by atoms with Crippen LogP contribution in [0.2, 0.25) is 0 Å². The van der Waals surface area contributed by atoms with Gasteiger partial charge in [-0.05, 0) is 53.7 Å². The Balaban J connectivity index is 1.91. The molecule has 2 rings (SSSR count). The molecular weight excluding hydrogens is 332 g/mol. The molecule has 1 N–H and O–H groups in total. The molecule has 0 aliphatic rings. The minimum atomic E-state index is -0.0944. The van der Waals surface area contributed by atoms with Crippen LogP contribution in [0.3, 0.4) is 0 Å². The summed E-state index contributed by atoms with van der Waals surface area (Å²) < 4.78 is 0.878. The lowest BCUT2D eigenvalue weighted by molar-refractivity contribution is -0.117. The molecule has 0 aliphatic heterocycles. The van der Waals surface area contributed by atoms with Gasteiger partial charge < -0.3 is 5.32 Å². The first-order valence-corrected chi connectivity index (χ1v) is 7.37. The predicted octanol–water partition coefficient (Wildman–Crippen LogP) is 2.87. The van der Waals surface area contributed by atoms with E-state index in [9.17, 15) is 4.79 Å². The molecule has 5 nitrogen and oxygen atoms in total. The number of nitrogens with zero attached hydrogens (tertiary/aromatic N) is 3. The van der Waals surface area contributed by atoms with Crippen molar-refractivity contribution in [1.29, 1.82) is 0 Å². The average molecular weight is 349 g/mol. The van der Waals surface area contributed by atoms with Gasteiger partial charge in [-0.25, -0.2) is 4.98 Å². The zero-order chi connectivity index (χ0) is 15.2. The molecule has 21 heavy (non-hydrogen) atoms. The Bertz CT molecular complexity index is 588. The van der Waals surface area contributed by atoms with Crippen molar-refractivity contribution in [1.82, 2.24) is 14.9 Å². The number of aromatic nitrogens is 2. The first-order valence-electron chi connectivity index (χ1n) is 6.58. The van der Waals surface area contributed by atoms with Gasteiger partial charge >= 0.3 is 0 Å². The maximum absolute atomic E-state index is 12.0. The zero-order valence-electron chi connectivity index (χ0n) is 12.0. The Kier molecular flexibility index (Phi) is 5.41. The molecule has 0 spiro atoms. The molecule has 2 aromatic heterocycles. The SMILES string of the molecule is CC(c1cccnc1)N(C)CC(=O)Nc1ccc(Br)cn1. The number of rotatable bonds is 5. The van der Waals surface area contributed by atoms with Crippen LogP contribution in [-0.2, 0) is 4.79 Å². The van der Waals surface area contributed by atoms with Crippen molar-refractivity contribution < 1.29 is 4.79 Å².